The summed E-state index contributed by atoms with van der Waals surface area (Å²) in [5.74, 6) is 1.49. The summed E-state index contributed by atoms with van der Waals surface area (Å²) in [6, 6.07) is 8.07. The van der Waals surface area contributed by atoms with Crippen LogP contribution in [0.5, 0.6) is 5.75 Å². The van der Waals surface area contributed by atoms with Gasteiger partial charge in [-0.3, -0.25) is 10.9 Å². The van der Waals surface area contributed by atoms with Gasteiger partial charge in [-0.25, -0.2) is 0 Å². The van der Waals surface area contributed by atoms with Gasteiger partial charge in [0.25, 0.3) is 0 Å². The molecule has 0 radical (unpaired) electrons. The Morgan fingerprint density at radius 2 is 1.75 bits per heavy atom. The Morgan fingerprint density at radius 3 is 2.42 bits per heavy atom. The van der Waals surface area contributed by atoms with Crippen molar-refractivity contribution < 1.29 is 4.74 Å². The van der Waals surface area contributed by atoms with Crippen LogP contribution in [0.2, 0.25) is 0 Å². The van der Waals surface area contributed by atoms with Crippen LogP contribution >= 0.6 is 24.4 Å². The summed E-state index contributed by atoms with van der Waals surface area (Å²) in [5, 5.41) is 7.49. The summed E-state index contributed by atoms with van der Waals surface area (Å²) < 4.78 is 5.41. The van der Waals surface area contributed by atoms with Crippen LogP contribution in [-0.2, 0) is 0 Å². The molecule has 0 aromatic heterocycles. The summed E-state index contributed by atoms with van der Waals surface area (Å²) in [5.41, 5.74) is 6.74. The Kier molecular flexibility index (Phi) is 7.52. The van der Waals surface area contributed by atoms with Crippen molar-refractivity contribution in [2.45, 2.75) is 45.6 Å². The summed E-state index contributed by atoms with van der Waals surface area (Å²) in [6.07, 6.45) is 4.99. The Bertz CT molecular complexity index is 550. The number of hydrogen-bond acceptors (Lipinski definition) is 3. The molecule has 0 unspecified atom stereocenters. The number of rotatable bonds is 4. The van der Waals surface area contributed by atoms with E-state index < -0.39 is 0 Å². The lowest BCUT2D eigenvalue weighted by atomic mass is 9.86. The first-order valence-electron chi connectivity index (χ1n) is 8.45. The summed E-state index contributed by atoms with van der Waals surface area (Å²) in [7, 11) is 0. The highest BCUT2D eigenvalue weighted by Crippen LogP contribution is 2.23. The van der Waals surface area contributed by atoms with Crippen molar-refractivity contribution >= 4 is 40.3 Å². The van der Waals surface area contributed by atoms with Gasteiger partial charge in [0, 0.05) is 11.7 Å². The maximum atomic E-state index is 5.41. The molecule has 132 valence electrons. The molecule has 24 heavy (non-hydrogen) atoms. The van der Waals surface area contributed by atoms with Gasteiger partial charge in [0.1, 0.15) is 5.75 Å². The molecular weight excluding hydrogens is 340 g/mol. The molecule has 0 saturated heterocycles. The van der Waals surface area contributed by atoms with E-state index in [1.807, 2.05) is 31.2 Å². The monoisotopic (exact) mass is 366 g/mol. The van der Waals surface area contributed by atoms with Gasteiger partial charge in [0.15, 0.2) is 10.2 Å². The SMILES string of the molecule is CCOc1ccc(NC(=S)NNC(=S)N[C@H]2CCCC[C@H]2C)cc1. The lowest BCUT2D eigenvalue weighted by molar-refractivity contribution is 0.308. The van der Waals surface area contributed by atoms with E-state index in [0.29, 0.717) is 28.8 Å². The van der Waals surface area contributed by atoms with Crippen LogP contribution in [0.4, 0.5) is 5.69 Å². The largest absolute Gasteiger partial charge is 0.494 e. The predicted octanol–water partition coefficient (Wildman–Crippen LogP) is 3.33. The van der Waals surface area contributed by atoms with Gasteiger partial charge in [-0.2, -0.15) is 0 Å². The van der Waals surface area contributed by atoms with Crippen LogP contribution < -0.4 is 26.2 Å². The molecule has 1 aromatic carbocycles. The average Bonchev–Trinajstić information content (AvgIpc) is 2.57. The first kappa shape index (κ1) is 18.7. The van der Waals surface area contributed by atoms with Gasteiger partial charge < -0.3 is 15.4 Å². The normalized spacial score (nSPS) is 19.9. The van der Waals surface area contributed by atoms with E-state index in [2.05, 4.69) is 28.4 Å². The average molecular weight is 367 g/mol. The molecule has 0 aliphatic heterocycles. The fourth-order valence-corrected chi connectivity index (χ4v) is 3.18. The molecule has 1 fully saturated rings. The first-order chi connectivity index (χ1) is 11.6. The minimum atomic E-state index is 0.438. The zero-order chi connectivity index (χ0) is 17.4. The van der Waals surface area contributed by atoms with E-state index >= 15 is 0 Å². The lowest BCUT2D eigenvalue weighted by Crippen LogP contribution is -2.52. The van der Waals surface area contributed by atoms with Crippen LogP contribution in [-0.4, -0.2) is 22.9 Å². The van der Waals surface area contributed by atoms with E-state index in [4.69, 9.17) is 29.2 Å². The minimum Gasteiger partial charge on any atom is -0.494 e. The van der Waals surface area contributed by atoms with Gasteiger partial charge in [0.2, 0.25) is 0 Å². The quantitative estimate of drug-likeness (QED) is 0.482. The van der Waals surface area contributed by atoms with Gasteiger partial charge in [-0.05, 0) is 74.4 Å². The Morgan fingerprint density at radius 1 is 1.08 bits per heavy atom. The van der Waals surface area contributed by atoms with Crippen molar-refractivity contribution in [3.05, 3.63) is 24.3 Å². The fraction of sp³-hybridized carbons (Fsp3) is 0.529. The Labute approximate surface area is 154 Å². The minimum absolute atomic E-state index is 0.438. The smallest absolute Gasteiger partial charge is 0.189 e. The Hall–Kier alpha value is -1.60. The summed E-state index contributed by atoms with van der Waals surface area (Å²) in [6.45, 7) is 4.88. The van der Waals surface area contributed by atoms with Crippen LogP contribution in [0.25, 0.3) is 0 Å². The maximum Gasteiger partial charge on any atom is 0.189 e. The number of thiocarbonyl (C=S) groups is 2. The van der Waals surface area contributed by atoms with Gasteiger partial charge >= 0.3 is 0 Å². The Balaban J connectivity index is 1.71. The highest BCUT2D eigenvalue weighted by atomic mass is 32.1. The third kappa shape index (κ3) is 6.13. The lowest BCUT2D eigenvalue weighted by Gasteiger charge is -2.30. The van der Waals surface area contributed by atoms with E-state index in [0.717, 1.165) is 17.9 Å². The summed E-state index contributed by atoms with van der Waals surface area (Å²) in [4.78, 5) is 0. The fourth-order valence-electron chi connectivity index (χ4n) is 2.81. The van der Waals surface area contributed by atoms with Crippen LogP contribution in [0.1, 0.15) is 39.5 Å². The van der Waals surface area contributed by atoms with Crippen molar-refractivity contribution in [1.29, 1.82) is 0 Å². The first-order valence-corrected chi connectivity index (χ1v) is 9.26. The number of nitrogens with one attached hydrogen (secondary N) is 4. The van der Waals surface area contributed by atoms with E-state index in [1.54, 1.807) is 0 Å². The number of benzene rings is 1. The third-order valence-corrected chi connectivity index (χ3v) is 4.56. The highest BCUT2D eigenvalue weighted by molar-refractivity contribution is 7.80. The van der Waals surface area contributed by atoms with Crippen LogP contribution in [0, 0.1) is 5.92 Å². The molecule has 1 aromatic rings. The number of hydrazine groups is 1. The van der Waals surface area contributed by atoms with Crippen molar-refractivity contribution in [3.8, 4) is 5.75 Å². The van der Waals surface area contributed by atoms with E-state index in [9.17, 15) is 0 Å². The molecule has 1 saturated carbocycles. The molecule has 1 aliphatic carbocycles. The van der Waals surface area contributed by atoms with Gasteiger partial charge in [-0.15, -0.1) is 0 Å². The third-order valence-electron chi connectivity index (χ3n) is 4.14. The second-order valence-electron chi connectivity index (χ2n) is 6.00. The molecule has 2 rings (SSSR count). The van der Waals surface area contributed by atoms with Crippen LogP contribution in [0.3, 0.4) is 0 Å². The highest BCUT2D eigenvalue weighted by Gasteiger charge is 2.21. The molecule has 0 heterocycles. The van der Waals surface area contributed by atoms with Crippen molar-refractivity contribution in [2.24, 2.45) is 5.92 Å². The van der Waals surface area contributed by atoms with Gasteiger partial charge in [0.05, 0.1) is 6.61 Å². The molecule has 4 N–H and O–H groups in total. The van der Waals surface area contributed by atoms with Gasteiger partial charge in [-0.1, -0.05) is 19.8 Å². The van der Waals surface area contributed by atoms with E-state index in [1.165, 1.54) is 19.3 Å². The standard InChI is InChI=1S/C17H26N4OS2/c1-3-22-14-10-8-13(9-11-14)18-16(23)20-21-17(24)19-15-7-5-4-6-12(15)2/h8-12,15H,3-7H2,1-2H3,(H2,18,20,23)(H2,19,21,24)/t12-,15+/m1/s1. The molecule has 2 atom stereocenters. The topological polar surface area (TPSA) is 57.4 Å². The van der Waals surface area contributed by atoms with Crippen molar-refractivity contribution in [3.63, 3.8) is 0 Å². The molecule has 0 spiro atoms. The molecule has 1 aliphatic rings. The van der Waals surface area contributed by atoms with Crippen molar-refractivity contribution in [1.82, 2.24) is 16.2 Å². The molecule has 0 amide bonds. The second-order valence-corrected chi connectivity index (χ2v) is 6.82. The number of ether oxygens (including phenoxy) is 1. The zero-order valence-electron chi connectivity index (χ0n) is 14.2. The zero-order valence-corrected chi connectivity index (χ0v) is 15.9. The van der Waals surface area contributed by atoms with Crippen LogP contribution in [0.15, 0.2) is 24.3 Å². The number of hydrogen-bond donors (Lipinski definition) is 4. The predicted molar refractivity (Wildman–Crippen MR) is 107 cm³/mol. The summed E-state index contributed by atoms with van der Waals surface area (Å²) >= 11 is 10.6. The molecule has 0 bridgehead atoms. The molecule has 5 nitrogen and oxygen atoms in total. The molecular formula is C17H26N4OS2. The van der Waals surface area contributed by atoms with Crippen molar-refractivity contribution in [2.75, 3.05) is 11.9 Å². The molecule has 7 heteroatoms. The maximum absolute atomic E-state index is 5.41. The number of anilines is 1. The second kappa shape index (κ2) is 9.64. The van der Waals surface area contributed by atoms with E-state index in [-0.39, 0.29) is 0 Å².